The Bertz CT molecular complexity index is 566. The average Bonchev–Trinajstić information content (AvgIpc) is 2.61. The minimum Gasteiger partial charge on any atom is -0.319 e. The summed E-state index contributed by atoms with van der Waals surface area (Å²) >= 11 is 11.8. The molecular weight excluding hydrogens is 261 g/mol. The van der Waals surface area contributed by atoms with Gasteiger partial charge < -0.3 is 5.32 Å². The zero-order chi connectivity index (χ0) is 12.4. The number of aromatic nitrogens is 2. The number of rotatable bonds is 2. The number of nitrogens with one attached hydrogen (secondary N) is 1. The van der Waals surface area contributed by atoms with E-state index in [4.69, 9.17) is 23.2 Å². The summed E-state index contributed by atoms with van der Waals surface area (Å²) < 4.78 is 1.48. The second-order valence-electron chi connectivity index (χ2n) is 3.43. The number of amides is 1. The molecule has 0 aliphatic carbocycles. The normalized spacial score (nSPS) is 10.3. The minimum atomic E-state index is -0.385. The molecule has 1 aromatic heterocycles. The topological polar surface area (TPSA) is 46.9 Å². The molecule has 0 atom stereocenters. The average molecular weight is 270 g/mol. The summed E-state index contributed by atoms with van der Waals surface area (Å²) in [6.07, 6.45) is 1.56. The Balaban J connectivity index is 2.23. The van der Waals surface area contributed by atoms with E-state index in [0.29, 0.717) is 15.7 Å². The highest BCUT2D eigenvalue weighted by Gasteiger charge is 2.15. The van der Waals surface area contributed by atoms with Crippen LogP contribution in [0.3, 0.4) is 0 Å². The lowest BCUT2D eigenvalue weighted by Crippen LogP contribution is -2.13. The van der Waals surface area contributed by atoms with Gasteiger partial charge in [0, 0.05) is 13.2 Å². The molecule has 2 rings (SSSR count). The van der Waals surface area contributed by atoms with Crippen molar-refractivity contribution < 1.29 is 4.79 Å². The van der Waals surface area contributed by atoms with E-state index in [1.54, 1.807) is 37.5 Å². The van der Waals surface area contributed by atoms with Crippen molar-refractivity contribution in [1.29, 1.82) is 0 Å². The molecule has 0 radical (unpaired) electrons. The second kappa shape index (κ2) is 4.77. The van der Waals surface area contributed by atoms with E-state index in [0.717, 1.165) is 0 Å². The molecule has 0 aliphatic rings. The number of benzene rings is 1. The molecule has 0 saturated heterocycles. The maximum Gasteiger partial charge on any atom is 0.277 e. The summed E-state index contributed by atoms with van der Waals surface area (Å²) in [6, 6.07) is 6.96. The van der Waals surface area contributed by atoms with Crippen molar-refractivity contribution in [3.8, 4) is 0 Å². The molecule has 88 valence electrons. The number of aryl methyl sites for hydroxylation is 1. The van der Waals surface area contributed by atoms with Crippen molar-refractivity contribution in [3.05, 3.63) is 46.2 Å². The summed E-state index contributed by atoms with van der Waals surface area (Å²) in [5.74, 6) is -0.385. The Hall–Kier alpha value is -1.52. The van der Waals surface area contributed by atoms with Crippen LogP contribution in [0.15, 0.2) is 30.5 Å². The van der Waals surface area contributed by atoms with Crippen LogP contribution in [0.4, 0.5) is 5.69 Å². The van der Waals surface area contributed by atoms with Crippen LogP contribution in [0.25, 0.3) is 0 Å². The van der Waals surface area contributed by atoms with Gasteiger partial charge in [0.05, 0.1) is 15.7 Å². The third kappa shape index (κ3) is 2.60. The molecule has 0 saturated carbocycles. The Morgan fingerprint density at radius 1 is 1.29 bits per heavy atom. The number of anilines is 1. The molecule has 1 N–H and O–H groups in total. The van der Waals surface area contributed by atoms with Crippen molar-refractivity contribution in [1.82, 2.24) is 9.78 Å². The second-order valence-corrected chi connectivity index (χ2v) is 4.25. The maximum absolute atomic E-state index is 11.9. The van der Waals surface area contributed by atoms with E-state index < -0.39 is 0 Å². The van der Waals surface area contributed by atoms with Gasteiger partial charge in [0.2, 0.25) is 0 Å². The van der Waals surface area contributed by atoms with Crippen molar-refractivity contribution in [2.75, 3.05) is 5.32 Å². The molecule has 0 aliphatic heterocycles. The lowest BCUT2D eigenvalue weighted by Gasteiger charge is -2.04. The van der Waals surface area contributed by atoms with Gasteiger partial charge in [-0.25, -0.2) is 0 Å². The first-order chi connectivity index (χ1) is 8.08. The number of carbonyl (C=O) groups is 1. The SMILES string of the molecule is Cn1cc(Cl)c(C(=O)Nc2ccccc2Cl)n1. The van der Waals surface area contributed by atoms with Crippen LogP contribution in [0, 0.1) is 0 Å². The van der Waals surface area contributed by atoms with Gasteiger partial charge in [-0.1, -0.05) is 35.3 Å². The van der Waals surface area contributed by atoms with Crippen LogP contribution >= 0.6 is 23.2 Å². The van der Waals surface area contributed by atoms with E-state index in [2.05, 4.69) is 10.4 Å². The Kier molecular flexibility index (Phi) is 3.36. The number of nitrogens with zero attached hydrogens (tertiary/aromatic N) is 2. The molecule has 1 heterocycles. The van der Waals surface area contributed by atoms with Gasteiger partial charge in [0.15, 0.2) is 5.69 Å². The summed E-state index contributed by atoms with van der Waals surface area (Å²) in [5, 5.41) is 7.38. The monoisotopic (exact) mass is 269 g/mol. The first-order valence-electron chi connectivity index (χ1n) is 4.83. The highest BCUT2D eigenvalue weighted by atomic mass is 35.5. The van der Waals surface area contributed by atoms with Crippen molar-refractivity contribution >= 4 is 34.8 Å². The van der Waals surface area contributed by atoms with Gasteiger partial charge in [-0.3, -0.25) is 9.48 Å². The predicted molar refractivity (Wildman–Crippen MR) is 67.6 cm³/mol. The van der Waals surface area contributed by atoms with E-state index >= 15 is 0 Å². The molecular formula is C11H9Cl2N3O. The lowest BCUT2D eigenvalue weighted by atomic mass is 10.3. The molecule has 1 amide bonds. The van der Waals surface area contributed by atoms with Gasteiger partial charge >= 0.3 is 0 Å². The minimum absolute atomic E-state index is 0.175. The van der Waals surface area contributed by atoms with Gasteiger partial charge in [0.1, 0.15) is 0 Å². The van der Waals surface area contributed by atoms with Crippen LogP contribution in [-0.2, 0) is 7.05 Å². The van der Waals surface area contributed by atoms with E-state index in [-0.39, 0.29) is 11.6 Å². The van der Waals surface area contributed by atoms with Crippen LogP contribution in [0.5, 0.6) is 0 Å². The van der Waals surface area contributed by atoms with E-state index in [1.165, 1.54) is 4.68 Å². The van der Waals surface area contributed by atoms with Gasteiger partial charge in [-0.15, -0.1) is 0 Å². The van der Waals surface area contributed by atoms with Crippen molar-refractivity contribution in [2.24, 2.45) is 7.05 Å². The molecule has 0 bridgehead atoms. The summed E-state index contributed by atoms with van der Waals surface area (Å²) in [6.45, 7) is 0. The quantitative estimate of drug-likeness (QED) is 0.911. The molecule has 0 fully saturated rings. The Morgan fingerprint density at radius 3 is 2.59 bits per heavy atom. The maximum atomic E-state index is 11.9. The summed E-state index contributed by atoms with van der Waals surface area (Å²) in [7, 11) is 1.69. The molecule has 6 heteroatoms. The number of hydrogen-bond donors (Lipinski definition) is 1. The molecule has 0 unspecified atom stereocenters. The van der Waals surface area contributed by atoms with Crippen LogP contribution in [-0.4, -0.2) is 15.7 Å². The van der Waals surface area contributed by atoms with Crippen molar-refractivity contribution in [2.45, 2.75) is 0 Å². The number of para-hydroxylation sites is 1. The lowest BCUT2D eigenvalue weighted by molar-refractivity contribution is 0.102. The first kappa shape index (κ1) is 12.0. The van der Waals surface area contributed by atoms with Crippen LogP contribution in [0.2, 0.25) is 10.0 Å². The van der Waals surface area contributed by atoms with E-state index in [9.17, 15) is 4.79 Å². The van der Waals surface area contributed by atoms with Crippen molar-refractivity contribution in [3.63, 3.8) is 0 Å². The fourth-order valence-corrected chi connectivity index (χ4v) is 1.81. The highest BCUT2D eigenvalue weighted by molar-refractivity contribution is 6.35. The van der Waals surface area contributed by atoms with Crippen LogP contribution in [0.1, 0.15) is 10.5 Å². The van der Waals surface area contributed by atoms with E-state index in [1.807, 2.05) is 0 Å². The molecule has 0 spiro atoms. The Labute approximate surface area is 108 Å². The number of halogens is 2. The first-order valence-corrected chi connectivity index (χ1v) is 5.58. The third-order valence-electron chi connectivity index (χ3n) is 2.12. The summed E-state index contributed by atoms with van der Waals surface area (Å²) in [5.41, 5.74) is 0.704. The predicted octanol–water partition coefficient (Wildman–Crippen LogP) is 2.98. The zero-order valence-electron chi connectivity index (χ0n) is 8.95. The smallest absolute Gasteiger partial charge is 0.277 e. The molecule has 1 aromatic carbocycles. The molecule has 2 aromatic rings. The molecule has 4 nitrogen and oxygen atoms in total. The third-order valence-corrected chi connectivity index (χ3v) is 2.73. The van der Waals surface area contributed by atoms with Crippen LogP contribution < -0.4 is 5.32 Å². The fraction of sp³-hybridized carbons (Fsp3) is 0.0909. The van der Waals surface area contributed by atoms with Gasteiger partial charge in [0.25, 0.3) is 5.91 Å². The largest absolute Gasteiger partial charge is 0.319 e. The number of carbonyl (C=O) groups excluding carboxylic acids is 1. The van der Waals surface area contributed by atoms with Gasteiger partial charge in [-0.2, -0.15) is 5.10 Å². The zero-order valence-corrected chi connectivity index (χ0v) is 10.5. The standard InChI is InChI=1S/C11H9Cl2N3O/c1-16-6-8(13)10(15-16)11(17)14-9-5-3-2-4-7(9)12/h2-6H,1H3,(H,14,17). The molecule has 17 heavy (non-hydrogen) atoms. The fourth-order valence-electron chi connectivity index (χ4n) is 1.36. The van der Waals surface area contributed by atoms with Gasteiger partial charge in [-0.05, 0) is 12.1 Å². The highest BCUT2D eigenvalue weighted by Crippen LogP contribution is 2.22. The Morgan fingerprint density at radius 2 is 2.00 bits per heavy atom. The number of hydrogen-bond acceptors (Lipinski definition) is 2. The summed E-state index contributed by atoms with van der Waals surface area (Å²) in [4.78, 5) is 11.9.